The predicted molar refractivity (Wildman–Crippen MR) is 92.6 cm³/mol. The number of benzene rings is 1. The average Bonchev–Trinajstić information content (AvgIpc) is 3.03. The number of phenols is 1. The van der Waals surface area contributed by atoms with Gasteiger partial charge in [0.05, 0.1) is 16.6 Å². The number of hydrogen-bond acceptors (Lipinski definition) is 5. The standard InChI is InChI=1S/C16H19Cl2N3O4/c17-10-5-9(12(22)6-11(10)18)14(19)8-1-3-21(4-2-8)15(23)13-7-20-16(24)25-13/h5-6,8,13-14,22H,1-4,7,19H2,(H,20,24)/t13?,14-/m1/s1. The maximum Gasteiger partial charge on any atom is 0.408 e. The number of ether oxygens (including phenoxy) is 1. The summed E-state index contributed by atoms with van der Waals surface area (Å²) in [5.74, 6) is -0.0800. The van der Waals surface area contributed by atoms with Crippen molar-refractivity contribution in [2.45, 2.75) is 25.0 Å². The van der Waals surface area contributed by atoms with E-state index in [0.29, 0.717) is 36.5 Å². The molecular weight excluding hydrogens is 369 g/mol. The normalized spacial score (nSPS) is 22.4. The van der Waals surface area contributed by atoms with Crippen LogP contribution in [0.4, 0.5) is 4.79 Å². The van der Waals surface area contributed by atoms with Gasteiger partial charge in [-0.3, -0.25) is 4.79 Å². The number of nitrogens with two attached hydrogens (primary N) is 1. The number of carbonyl (C=O) groups excluding carboxylic acids is 2. The van der Waals surface area contributed by atoms with Gasteiger partial charge in [-0.2, -0.15) is 0 Å². The van der Waals surface area contributed by atoms with Crippen molar-refractivity contribution in [3.8, 4) is 5.75 Å². The van der Waals surface area contributed by atoms with Gasteiger partial charge in [-0.05, 0) is 24.8 Å². The summed E-state index contributed by atoms with van der Waals surface area (Å²) in [6, 6.07) is 2.57. The lowest BCUT2D eigenvalue weighted by Gasteiger charge is -2.35. The van der Waals surface area contributed by atoms with Crippen molar-refractivity contribution in [2.24, 2.45) is 11.7 Å². The molecule has 0 aromatic heterocycles. The number of piperidine rings is 1. The number of halogens is 2. The first-order chi connectivity index (χ1) is 11.9. The molecule has 0 aliphatic carbocycles. The molecule has 7 nitrogen and oxygen atoms in total. The summed E-state index contributed by atoms with van der Waals surface area (Å²) >= 11 is 11.9. The molecule has 25 heavy (non-hydrogen) atoms. The maximum atomic E-state index is 12.3. The molecule has 2 amide bonds. The smallest absolute Gasteiger partial charge is 0.408 e. The summed E-state index contributed by atoms with van der Waals surface area (Å²) in [6.45, 7) is 1.24. The van der Waals surface area contributed by atoms with E-state index in [1.165, 1.54) is 6.07 Å². The first kappa shape index (κ1) is 18.1. The van der Waals surface area contributed by atoms with Gasteiger partial charge in [0.15, 0.2) is 6.10 Å². The molecule has 2 aliphatic heterocycles. The van der Waals surface area contributed by atoms with Crippen LogP contribution in [0.15, 0.2) is 12.1 Å². The van der Waals surface area contributed by atoms with Gasteiger partial charge >= 0.3 is 6.09 Å². The Hall–Kier alpha value is -1.70. The Bertz CT molecular complexity index is 692. The highest BCUT2D eigenvalue weighted by molar-refractivity contribution is 6.42. The van der Waals surface area contributed by atoms with E-state index in [2.05, 4.69) is 5.32 Å². The van der Waals surface area contributed by atoms with Crippen molar-refractivity contribution in [3.63, 3.8) is 0 Å². The summed E-state index contributed by atoms with van der Waals surface area (Å²) < 4.78 is 4.93. The van der Waals surface area contributed by atoms with E-state index in [-0.39, 0.29) is 29.1 Å². The molecule has 2 aliphatic rings. The Morgan fingerprint density at radius 3 is 2.56 bits per heavy atom. The third-order valence-electron chi connectivity index (χ3n) is 4.74. The highest BCUT2D eigenvalue weighted by atomic mass is 35.5. The van der Waals surface area contributed by atoms with Crippen molar-refractivity contribution < 1.29 is 19.4 Å². The van der Waals surface area contributed by atoms with Crippen LogP contribution in [0.1, 0.15) is 24.4 Å². The van der Waals surface area contributed by atoms with Gasteiger partial charge < -0.3 is 25.8 Å². The molecule has 2 atom stereocenters. The third-order valence-corrected chi connectivity index (χ3v) is 5.47. The minimum absolute atomic E-state index is 0.0179. The van der Waals surface area contributed by atoms with E-state index in [1.54, 1.807) is 11.0 Å². The Morgan fingerprint density at radius 2 is 1.96 bits per heavy atom. The monoisotopic (exact) mass is 387 g/mol. The molecule has 2 heterocycles. The van der Waals surface area contributed by atoms with Crippen molar-refractivity contribution in [1.29, 1.82) is 0 Å². The SMILES string of the molecule is N[C@@H](c1cc(Cl)c(Cl)cc1O)C1CCN(C(=O)C2CNC(=O)O2)CC1. The highest BCUT2D eigenvalue weighted by Gasteiger charge is 2.35. The molecule has 1 aromatic rings. The number of carbonyl (C=O) groups is 2. The lowest BCUT2D eigenvalue weighted by molar-refractivity contribution is -0.139. The van der Waals surface area contributed by atoms with Crippen LogP contribution in [0, 0.1) is 5.92 Å². The number of hydrogen-bond donors (Lipinski definition) is 3. The summed E-state index contributed by atoms with van der Waals surface area (Å²) in [4.78, 5) is 25.1. The van der Waals surface area contributed by atoms with E-state index in [4.69, 9.17) is 33.7 Å². The fraction of sp³-hybridized carbons (Fsp3) is 0.500. The summed E-state index contributed by atoms with van der Waals surface area (Å²) in [5, 5.41) is 13.2. The van der Waals surface area contributed by atoms with Crippen LogP contribution in [0.25, 0.3) is 0 Å². The number of nitrogens with zero attached hydrogens (tertiary/aromatic N) is 1. The van der Waals surface area contributed by atoms with Crippen LogP contribution >= 0.6 is 23.2 Å². The molecule has 1 unspecified atom stereocenters. The van der Waals surface area contributed by atoms with Crippen molar-refractivity contribution in [2.75, 3.05) is 19.6 Å². The topological polar surface area (TPSA) is 105 Å². The molecule has 0 radical (unpaired) electrons. The Balaban J connectivity index is 1.61. The predicted octanol–water partition coefficient (Wildman–Crippen LogP) is 2.05. The van der Waals surface area contributed by atoms with Crippen LogP contribution in [0.5, 0.6) is 5.75 Å². The number of rotatable bonds is 3. The van der Waals surface area contributed by atoms with Gasteiger partial charge in [0.2, 0.25) is 0 Å². The minimum Gasteiger partial charge on any atom is -0.508 e. The Kier molecular flexibility index (Phi) is 5.27. The largest absolute Gasteiger partial charge is 0.508 e. The second-order valence-electron chi connectivity index (χ2n) is 6.29. The fourth-order valence-electron chi connectivity index (χ4n) is 3.28. The maximum absolute atomic E-state index is 12.3. The fourth-order valence-corrected chi connectivity index (χ4v) is 3.61. The van der Waals surface area contributed by atoms with Gasteiger partial charge in [-0.25, -0.2) is 4.79 Å². The minimum atomic E-state index is -0.753. The number of amides is 2. The lowest BCUT2D eigenvalue weighted by atomic mass is 9.85. The number of alkyl carbamates (subject to hydrolysis) is 1. The molecule has 0 saturated carbocycles. The number of aromatic hydroxyl groups is 1. The zero-order valence-corrected chi connectivity index (χ0v) is 14.9. The van der Waals surface area contributed by atoms with Gasteiger partial charge in [0, 0.05) is 30.8 Å². The first-order valence-corrected chi connectivity index (χ1v) is 8.79. The van der Waals surface area contributed by atoms with E-state index < -0.39 is 18.2 Å². The molecular formula is C16H19Cl2N3O4. The highest BCUT2D eigenvalue weighted by Crippen LogP contribution is 2.37. The van der Waals surface area contributed by atoms with Crippen molar-refractivity contribution in [3.05, 3.63) is 27.7 Å². The molecule has 2 fully saturated rings. The molecule has 136 valence electrons. The lowest BCUT2D eigenvalue weighted by Crippen LogP contribution is -2.46. The Morgan fingerprint density at radius 1 is 1.32 bits per heavy atom. The summed E-state index contributed by atoms with van der Waals surface area (Å²) in [6.07, 6.45) is 0.0451. The second kappa shape index (κ2) is 7.27. The Labute approximate surface area is 155 Å². The molecule has 2 saturated heterocycles. The van der Waals surface area contributed by atoms with E-state index in [9.17, 15) is 14.7 Å². The van der Waals surface area contributed by atoms with Gasteiger partial charge in [0.25, 0.3) is 5.91 Å². The molecule has 9 heteroatoms. The summed E-state index contributed by atoms with van der Waals surface area (Å²) in [5.41, 5.74) is 6.86. The van der Waals surface area contributed by atoms with E-state index >= 15 is 0 Å². The molecule has 3 rings (SSSR count). The quantitative estimate of drug-likeness (QED) is 0.735. The zero-order valence-electron chi connectivity index (χ0n) is 13.4. The summed E-state index contributed by atoms with van der Waals surface area (Å²) in [7, 11) is 0. The molecule has 0 spiro atoms. The van der Waals surface area contributed by atoms with Crippen molar-refractivity contribution in [1.82, 2.24) is 10.2 Å². The molecule has 1 aromatic carbocycles. The van der Waals surface area contributed by atoms with Gasteiger partial charge in [0.1, 0.15) is 5.75 Å². The zero-order chi connectivity index (χ0) is 18.1. The van der Waals surface area contributed by atoms with Crippen LogP contribution in [-0.2, 0) is 9.53 Å². The number of likely N-dealkylation sites (tertiary alicyclic amines) is 1. The molecule has 4 N–H and O–H groups in total. The van der Waals surface area contributed by atoms with Crippen LogP contribution in [-0.4, -0.2) is 47.7 Å². The number of nitrogens with one attached hydrogen (secondary N) is 1. The van der Waals surface area contributed by atoms with Crippen LogP contribution < -0.4 is 11.1 Å². The number of cyclic esters (lactones) is 1. The first-order valence-electron chi connectivity index (χ1n) is 8.03. The second-order valence-corrected chi connectivity index (χ2v) is 7.10. The van der Waals surface area contributed by atoms with Gasteiger partial charge in [-0.15, -0.1) is 0 Å². The van der Waals surface area contributed by atoms with E-state index in [0.717, 1.165) is 0 Å². The van der Waals surface area contributed by atoms with Crippen LogP contribution in [0.3, 0.4) is 0 Å². The van der Waals surface area contributed by atoms with Crippen LogP contribution in [0.2, 0.25) is 10.0 Å². The van der Waals surface area contributed by atoms with E-state index in [1.807, 2.05) is 0 Å². The third kappa shape index (κ3) is 3.78. The molecule has 0 bridgehead atoms. The van der Waals surface area contributed by atoms with Crippen molar-refractivity contribution >= 4 is 35.2 Å². The van der Waals surface area contributed by atoms with Gasteiger partial charge in [-0.1, -0.05) is 23.2 Å². The average molecular weight is 388 g/mol. The number of phenolic OH excluding ortho intramolecular Hbond substituents is 1.